The minimum atomic E-state index is -4.45. The predicted molar refractivity (Wildman–Crippen MR) is 66.4 cm³/mol. The third-order valence-corrected chi connectivity index (χ3v) is 2.09. The zero-order valence-electron chi connectivity index (χ0n) is 9.87. The molecule has 0 aliphatic rings. The van der Waals surface area contributed by atoms with Crippen molar-refractivity contribution >= 4 is 25.4 Å². The van der Waals surface area contributed by atoms with Gasteiger partial charge in [0.2, 0.25) is 0 Å². The summed E-state index contributed by atoms with van der Waals surface area (Å²) in [5.74, 6) is -0.120. The second-order valence-corrected chi connectivity index (χ2v) is 4.56. The molecule has 102 valence electrons. The van der Waals surface area contributed by atoms with Crippen molar-refractivity contribution in [3.8, 4) is 5.75 Å². The minimum absolute atomic E-state index is 0.0905. The Labute approximate surface area is 110 Å². The maximum absolute atomic E-state index is 10.3. The first kappa shape index (κ1) is 16.9. The van der Waals surface area contributed by atoms with Gasteiger partial charge in [-0.2, -0.15) is 0 Å². The van der Waals surface area contributed by atoms with Crippen molar-refractivity contribution in [2.24, 2.45) is 0 Å². The van der Waals surface area contributed by atoms with Crippen LogP contribution in [0.1, 0.15) is 13.8 Å². The first-order valence-electron chi connectivity index (χ1n) is 4.88. The summed E-state index contributed by atoms with van der Waals surface area (Å²) in [6.07, 6.45) is 0. The molecule has 0 aliphatic heterocycles. The Bertz CT molecular complexity index is 413. The molecule has 0 atom stereocenters. The van der Waals surface area contributed by atoms with Gasteiger partial charge in [-0.25, -0.2) is 4.57 Å². The van der Waals surface area contributed by atoms with Crippen LogP contribution in [-0.4, -0.2) is 22.4 Å². The number of phosphoric acid groups is 1. The molecular weight excluding hydrogens is 283 g/mol. The molecule has 8 heteroatoms. The molecule has 2 N–H and O–H groups in total. The molecule has 0 radical (unpaired) electrons. The first-order chi connectivity index (χ1) is 8.24. The van der Waals surface area contributed by atoms with Crippen LogP contribution in [0.4, 0.5) is 0 Å². The van der Waals surface area contributed by atoms with Gasteiger partial charge in [0, 0.05) is 11.9 Å². The fraction of sp³-hybridized carbons (Fsp3) is 0.300. The Morgan fingerprint density at radius 1 is 1.33 bits per heavy atom. The van der Waals surface area contributed by atoms with Gasteiger partial charge in [-0.05, 0) is 31.2 Å². The Morgan fingerprint density at radius 2 is 1.83 bits per heavy atom. The largest absolute Gasteiger partial charge is 0.524 e. The van der Waals surface area contributed by atoms with Crippen LogP contribution in [0.25, 0.3) is 0 Å². The minimum Gasteiger partial charge on any atom is -0.466 e. The number of esters is 1. The SMILES string of the molecule is CCOC(C)=O.O=P(O)(O)Oc1ccc(Cl)cc1. The topological polar surface area (TPSA) is 93.1 Å². The van der Waals surface area contributed by atoms with Crippen molar-refractivity contribution in [1.29, 1.82) is 0 Å². The number of benzene rings is 1. The molecular formula is C10H14ClO6P. The third-order valence-electron chi connectivity index (χ3n) is 1.39. The number of ether oxygens (including phenoxy) is 1. The van der Waals surface area contributed by atoms with E-state index in [0.717, 1.165) is 0 Å². The van der Waals surface area contributed by atoms with Crippen LogP contribution in [0.5, 0.6) is 5.75 Å². The Morgan fingerprint density at radius 3 is 2.11 bits per heavy atom. The van der Waals surface area contributed by atoms with Crippen molar-refractivity contribution in [3.63, 3.8) is 0 Å². The quantitative estimate of drug-likeness (QED) is 0.657. The summed E-state index contributed by atoms with van der Waals surface area (Å²) in [6.45, 7) is 3.65. The average molecular weight is 297 g/mol. The molecule has 6 nitrogen and oxygen atoms in total. The molecule has 0 heterocycles. The number of hydrogen-bond acceptors (Lipinski definition) is 4. The van der Waals surface area contributed by atoms with Gasteiger partial charge in [0.15, 0.2) is 0 Å². The zero-order chi connectivity index (χ0) is 14.2. The lowest BCUT2D eigenvalue weighted by atomic mass is 10.3. The van der Waals surface area contributed by atoms with Crippen molar-refractivity contribution in [3.05, 3.63) is 29.3 Å². The van der Waals surface area contributed by atoms with E-state index in [1.165, 1.54) is 31.2 Å². The van der Waals surface area contributed by atoms with Crippen molar-refractivity contribution in [2.75, 3.05) is 6.61 Å². The van der Waals surface area contributed by atoms with Gasteiger partial charge in [0.05, 0.1) is 6.61 Å². The average Bonchev–Trinajstić information content (AvgIpc) is 2.20. The van der Waals surface area contributed by atoms with Gasteiger partial charge in [-0.1, -0.05) is 11.6 Å². The molecule has 18 heavy (non-hydrogen) atoms. The van der Waals surface area contributed by atoms with Crippen LogP contribution in [0.2, 0.25) is 5.02 Å². The third kappa shape index (κ3) is 10.1. The Hall–Kier alpha value is -1.07. The molecule has 1 aromatic carbocycles. The highest BCUT2D eigenvalue weighted by Gasteiger charge is 2.15. The zero-order valence-corrected chi connectivity index (χ0v) is 11.5. The van der Waals surface area contributed by atoms with E-state index >= 15 is 0 Å². The molecule has 0 fully saturated rings. The van der Waals surface area contributed by atoms with Crippen LogP contribution in [0, 0.1) is 0 Å². The van der Waals surface area contributed by atoms with Gasteiger partial charge < -0.3 is 9.26 Å². The van der Waals surface area contributed by atoms with E-state index in [-0.39, 0.29) is 11.7 Å². The van der Waals surface area contributed by atoms with E-state index in [9.17, 15) is 9.36 Å². The van der Waals surface area contributed by atoms with Crippen LogP contribution in [0.15, 0.2) is 24.3 Å². The van der Waals surface area contributed by atoms with Crippen molar-refractivity contribution in [2.45, 2.75) is 13.8 Å². The van der Waals surface area contributed by atoms with Crippen LogP contribution < -0.4 is 4.52 Å². The molecule has 0 unspecified atom stereocenters. The van der Waals surface area contributed by atoms with E-state index in [4.69, 9.17) is 21.4 Å². The first-order valence-corrected chi connectivity index (χ1v) is 6.79. The molecule has 0 saturated heterocycles. The molecule has 0 spiro atoms. The van der Waals surface area contributed by atoms with Crippen LogP contribution >= 0.6 is 19.4 Å². The van der Waals surface area contributed by atoms with E-state index in [1.807, 2.05) is 0 Å². The fourth-order valence-electron chi connectivity index (χ4n) is 0.836. The smallest absolute Gasteiger partial charge is 0.466 e. The predicted octanol–water partition coefficient (Wildman–Crippen LogP) is 2.38. The van der Waals surface area contributed by atoms with Gasteiger partial charge in [-0.15, -0.1) is 0 Å². The summed E-state index contributed by atoms with van der Waals surface area (Å²) in [5.41, 5.74) is 0. The van der Waals surface area contributed by atoms with Gasteiger partial charge >= 0.3 is 13.8 Å². The second kappa shape index (κ2) is 8.11. The summed E-state index contributed by atoms with van der Waals surface area (Å²) >= 11 is 5.53. The second-order valence-electron chi connectivity index (χ2n) is 2.96. The maximum Gasteiger partial charge on any atom is 0.524 e. The van der Waals surface area contributed by atoms with Gasteiger partial charge in [-0.3, -0.25) is 14.6 Å². The highest BCUT2D eigenvalue weighted by atomic mass is 35.5. The van der Waals surface area contributed by atoms with Crippen LogP contribution in [-0.2, 0) is 14.1 Å². The van der Waals surface area contributed by atoms with Crippen molar-refractivity contribution in [1.82, 2.24) is 0 Å². The highest BCUT2D eigenvalue weighted by molar-refractivity contribution is 7.46. The van der Waals surface area contributed by atoms with E-state index in [1.54, 1.807) is 6.92 Å². The van der Waals surface area contributed by atoms with E-state index in [2.05, 4.69) is 9.26 Å². The molecule has 0 saturated carbocycles. The number of carbonyl (C=O) groups is 1. The number of carbonyl (C=O) groups excluding carboxylic acids is 1. The molecule has 0 amide bonds. The monoisotopic (exact) mass is 296 g/mol. The number of phosphoric ester groups is 1. The molecule has 0 aromatic heterocycles. The summed E-state index contributed by atoms with van der Waals surface area (Å²) in [5, 5.41) is 0.480. The number of halogens is 1. The van der Waals surface area contributed by atoms with Gasteiger partial charge in [0.1, 0.15) is 5.75 Å². The number of rotatable bonds is 3. The summed E-state index contributed by atoms with van der Waals surface area (Å²) in [7, 11) is -4.45. The normalized spacial score (nSPS) is 10.1. The molecule has 0 aliphatic carbocycles. The summed E-state index contributed by atoms with van der Waals surface area (Å²) in [6, 6.07) is 5.71. The molecule has 0 bridgehead atoms. The summed E-state index contributed by atoms with van der Waals surface area (Å²) in [4.78, 5) is 26.6. The van der Waals surface area contributed by atoms with Gasteiger partial charge in [0.25, 0.3) is 0 Å². The molecule has 1 rings (SSSR count). The van der Waals surface area contributed by atoms with E-state index < -0.39 is 7.82 Å². The van der Waals surface area contributed by atoms with Crippen LogP contribution in [0.3, 0.4) is 0 Å². The van der Waals surface area contributed by atoms with E-state index in [0.29, 0.717) is 11.6 Å². The standard InChI is InChI=1S/C6H6ClO4P.C4H8O2/c7-5-1-3-6(4-2-5)11-12(8,9)10;1-3-6-4(2)5/h1-4H,(H2,8,9,10);3H2,1-2H3. The van der Waals surface area contributed by atoms with Crippen molar-refractivity contribution < 1.29 is 28.4 Å². The maximum atomic E-state index is 10.3. The highest BCUT2D eigenvalue weighted by Crippen LogP contribution is 2.37. The summed E-state index contributed by atoms with van der Waals surface area (Å²) < 4.78 is 19.0. The Balaban J connectivity index is 0.000000411. The molecule has 1 aromatic rings. The Kier molecular flexibility index (Phi) is 7.62. The lowest BCUT2D eigenvalue weighted by molar-refractivity contribution is -0.140. The fourth-order valence-corrected chi connectivity index (χ4v) is 1.36. The lowest BCUT2D eigenvalue weighted by Gasteiger charge is -2.05. The lowest BCUT2D eigenvalue weighted by Crippen LogP contribution is -1.95. The number of hydrogen-bond donors (Lipinski definition) is 2.